The van der Waals surface area contributed by atoms with Crippen LogP contribution in [-0.2, 0) is 16.0 Å². The normalized spacial score (nSPS) is 11.9. The second kappa shape index (κ2) is 8.79. The minimum atomic E-state index is -1.04. The van der Waals surface area contributed by atoms with E-state index in [0.717, 1.165) is 5.56 Å². The lowest BCUT2D eigenvalue weighted by atomic mass is 10.2. The highest BCUT2D eigenvalue weighted by molar-refractivity contribution is 7.98. The lowest BCUT2D eigenvalue weighted by molar-refractivity contribution is -0.141. The van der Waals surface area contributed by atoms with Gasteiger partial charge in [-0.2, -0.15) is 11.8 Å². The van der Waals surface area contributed by atoms with Gasteiger partial charge in [-0.25, -0.2) is 14.2 Å². The minimum absolute atomic E-state index is 0.0146. The average molecular weight is 368 g/mol. The Morgan fingerprint density at radius 3 is 2.71 bits per heavy atom. The third-order valence-corrected chi connectivity index (χ3v) is 4.81. The molecule has 0 unspecified atom stereocenters. The molecule has 0 spiro atoms. The largest absolute Gasteiger partial charge is 0.480 e. The van der Waals surface area contributed by atoms with Crippen LogP contribution in [0.15, 0.2) is 29.6 Å². The fourth-order valence-electron chi connectivity index (χ4n) is 2.02. The molecule has 1 heterocycles. The van der Waals surface area contributed by atoms with Crippen LogP contribution in [-0.4, -0.2) is 40.0 Å². The molecule has 8 heteroatoms. The van der Waals surface area contributed by atoms with E-state index in [0.29, 0.717) is 22.9 Å². The topological polar surface area (TPSA) is 79.3 Å². The zero-order chi connectivity index (χ0) is 17.5. The van der Waals surface area contributed by atoms with Crippen molar-refractivity contribution >= 4 is 35.0 Å². The van der Waals surface area contributed by atoms with Crippen LogP contribution in [0.1, 0.15) is 12.1 Å². The van der Waals surface area contributed by atoms with Gasteiger partial charge in [0.15, 0.2) is 0 Å². The molecule has 0 bridgehead atoms. The van der Waals surface area contributed by atoms with Gasteiger partial charge in [-0.1, -0.05) is 0 Å². The number of amides is 1. The summed E-state index contributed by atoms with van der Waals surface area (Å²) in [7, 11) is 0. The number of carboxylic acid groups (broad SMARTS) is 1. The molecule has 0 aliphatic rings. The lowest BCUT2D eigenvalue weighted by Gasteiger charge is -2.13. The molecule has 0 saturated carbocycles. The Morgan fingerprint density at radius 2 is 2.08 bits per heavy atom. The van der Waals surface area contributed by atoms with Crippen LogP contribution in [0.3, 0.4) is 0 Å². The van der Waals surface area contributed by atoms with Crippen molar-refractivity contribution in [1.82, 2.24) is 10.3 Å². The molecule has 1 aromatic heterocycles. The number of carbonyl (C=O) groups is 2. The number of thioether (sulfide) groups is 1. The zero-order valence-electron chi connectivity index (χ0n) is 13.0. The molecule has 5 nitrogen and oxygen atoms in total. The molecule has 24 heavy (non-hydrogen) atoms. The number of carbonyl (C=O) groups excluding carboxylic acids is 1. The highest BCUT2D eigenvalue weighted by atomic mass is 32.2. The summed E-state index contributed by atoms with van der Waals surface area (Å²) in [6, 6.07) is 5.07. The molecule has 1 amide bonds. The van der Waals surface area contributed by atoms with Gasteiger partial charge in [-0.3, -0.25) is 4.79 Å². The Kier molecular flexibility index (Phi) is 6.74. The number of thiazole rings is 1. The van der Waals surface area contributed by atoms with Gasteiger partial charge in [0.1, 0.15) is 16.9 Å². The quantitative estimate of drug-likeness (QED) is 0.749. The van der Waals surface area contributed by atoms with Crippen LogP contribution in [0.5, 0.6) is 0 Å². The van der Waals surface area contributed by atoms with E-state index in [1.54, 1.807) is 17.5 Å². The van der Waals surface area contributed by atoms with E-state index in [4.69, 9.17) is 5.11 Å². The third-order valence-electron chi connectivity index (χ3n) is 3.23. The number of nitrogens with zero attached hydrogens (tertiary/aromatic N) is 1. The molecular formula is C16H17FN2O3S2. The molecule has 2 aromatic rings. The number of halogens is 1. The summed E-state index contributed by atoms with van der Waals surface area (Å²) in [5.74, 6) is -1.08. The standard InChI is InChI=1S/C16H17FN2O3S2/c1-23-7-6-13(16(21)22)19-14(20)8-12-9-24-15(18-12)10-2-4-11(17)5-3-10/h2-5,9,13H,6-8H2,1H3,(H,19,20)(H,21,22)/t13-/m1/s1. The first-order valence-corrected chi connectivity index (χ1v) is 9.48. The second-order valence-corrected chi connectivity index (χ2v) is 6.91. The van der Waals surface area contributed by atoms with Crippen LogP contribution >= 0.6 is 23.1 Å². The smallest absolute Gasteiger partial charge is 0.326 e. The first-order valence-electron chi connectivity index (χ1n) is 7.21. The Labute approximate surface area is 147 Å². The summed E-state index contributed by atoms with van der Waals surface area (Å²) < 4.78 is 12.9. The summed E-state index contributed by atoms with van der Waals surface area (Å²) in [5, 5.41) is 14.1. The van der Waals surface area contributed by atoms with E-state index in [1.165, 1.54) is 35.2 Å². The first kappa shape index (κ1) is 18.4. The maximum Gasteiger partial charge on any atom is 0.326 e. The zero-order valence-corrected chi connectivity index (χ0v) is 14.6. The average Bonchev–Trinajstić information content (AvgIpc) is 3.00. The van der Waals surface area contributed by atoms with Crippen molar-refractivity contribution in [2.75, 3.05) is 12.0 Å². The molecule has 0 saturated heterocycles. The number of hydrogen-bond acceptors (Lipinski definition) is 5. The van der Waals surface area contributed by atoms with Crippen molar-refractivity contribution in [1.29, 1.82) is 0 Å². The number of nitrogens with one attached hydrogen (secondary N) is 1. The summed E-state index contributed by atoms with van der Waals surface area (Å²) in [6.45, 7) is 0. The number of aromatic nitrogens is 1. The SMILES string of the molecule is CSCC[C@@H](NC(=O)Cc1csc(-c2ccc(F)cc2)n1)C(=O)O. The van der Waals surface area contributed by atoms with Gasteiger partial charge in [-0.05, 0) is 42.7 Å². The Balaban J connectivity index is 1.97. The van der Waals surface area contributed by atoms with Gasteiger partial charge in [-0.15, -0.1) is 11.3 Å². The predicted octanol–water partition coefficient (Wildman–Crippen LogP) is 2.81. The molecule has 0 aliphatic heterocycles. The highest BCUT2D eigenvalue weighted by Gasteiger charge is 2.20. The molecule has 2 N–H and O–H groups in total. The Morgan fingerprint density at radius 1 is 1.38 bits per heavy atom. The fraction of sp³-hybridized carbons (Fsp3) is 0.312. The summed E-state index contributed by atoms with van der Waals surface area (Å²) in [5.41, 5.74) is 1.34. The fourth-order valence-corrected chi connectivity index (χ4v) is 3.31. The number of carboxylic acids is 1. The van der Waals surface area contributed by atoms with E-state index in [1.807, 2.05) is 6.26 Å². The maximum atomic E-state index is 12.9. The first-order chi connectivity index (χ1) is 11.5. The maximum absolute atomic E-state index is 12.9. The molecule has 1 atom stereocenters. The summed E-state index contributed by atoms with van der Waals surface area (Å²) in [6.07, 6.45) is 2.27. The molecular weight excluding hydrogens is 351 g/mol. The molecule has 1 aromatic carbocycles. The highest BCUT2D eigenvalue weighted by Crippen LogP contribution is 2.24. The van der Waals surface area contributed by atoms with E-state index in [2.05, 4.69) is 10.3 Å². The van der Waals surface area contributed by atoms with Crippen LogP contribution in [0.2, 0.25) is 0 Å². The van der Waals surface area contributed by atoms with Crippen molar-refractivity contribution in [2.45, 2.75) is 18.9 Å². The van der Waals surface area contributed by atoms with Crippen molar-refractivity contribution in [3.8, 4) is 10.6 Å². The van der Waals surface area contributed by atoms with Crippen molar-refractivity contribution in [3.63, 3.8) is 0 Å². The predicted molar refractivity (Wildman–Crippen MR) is 93.8 cm³/mol. The summed E-state index contributed by atoms with van der Waals surface area (Å²) in [4.78, 5) is 27.5. The lowest BCUT2D eigenvalue weighted by Crippen LogP contribution is -2.41. The molecule has 0 fully saturated rings. The van der Waals surface area contributed by atoms with Crippen LogP contribution in [0, 0.1) is 5.82 Å². The Hall–Kier alpha value is -1.93. The van der Waals surface area contributed by atoms with Gasteiger partial charge >= 0.3 is 5.97 Å². The van der Waals surface area contributed by atoms with Gasteiger partial charge in [0, 0.05) is 10.9 Å². The van der Waals surface area contributed by atoms with Gasteiger partial charge in [0.25, 0.3) is 0 Å². The third kappa shape index (κ3) is 5.31. The minimum Gasteiger partial charge on any atom is -0.480 e. The van der Waals surface area contributed by atoms with Crippen molar-refractivity contribution in [3.05, 3.63) is 41.2 Å². The number of hydrogen-bond donors (Lipinski definition) is 2. The van der Waals surface area contributed by atoms with Crippen LogP contribution < -0.4 is 5.32 Å². The number of aliphatic carboxylic acids is 1. The van der Waals surface area contributed by atoms with Gasteiger partial charge in [0.05, 0.1) is 12.1 Å². The molecule has 128 valence electrons. The molecule has 2 rings (SSSR count). The van der Waals surface area contributed by atoms with Gasteiger partial charge < -0.3 is 10.4 Å². The monoisotopic (exact) mass is 368 g/mol. The van der Waals surface area contributed by atoms with Crippen molar-refractivity contribution in [2.24, 2.45) is 0 Å². The second-order valence-electron chi connectivity index (χ2n) is 5.07. The van der Waals surface area contributed by atoms with E-state index in [9.17, 15) is 14.0 Å². The van der Waals surface area contributed by atoms with Gasteiger partial charge in [0.2, 0.25) is 5.91 Å². The van der Waals surface area contributed by atoms with E-state index < -0.39 is 12.0 Å². The molecule has 0 radical (unpaired) electrons. The van der Waals surface area contributed by atoms with Crippen LogP contribution in [0.25, 0.3) is 10.6 Å². The number of rotatable bonds is 8. The van der Waals surface area contributed by atoms with E-state index >= 15 is 0 Å². The Bertz CT molecular complexity index is 704. The van der Waals surface area contributed by atoms with E-state index in [-0.39, 0.29) is 18.1 Å². The molecule has 0 aliphatic carbocycles. The summed E-state index contributed by atoms with van der Waals surface area (Å²) >= 11 is 2.88. The van der Waals surface area contributed by atoms with Crippen molar-refractivity contribution < 1.29 is 19.1 Å². The number of benzene rings is 1. The van der Waals surface area contributed by atoms with Crippen LogP contribution in [0.4, 0.5) is 4.39 Å².